The van der Waals surface area contributed by atoms with Gasteiger partial charge in [0.05, 0.1) is 11.3 Å². The Bertz CT molecular complexity index is 1320. The summed E-state index contributed by atoms with van der Waals surface area (Å²) in [6.07, 6.45) is 0.0715. The van der Waals surface area contributed by atoms with Crippen molar-refractivity contribution in [3.05, 3.63) is 88.5 Å². The first-order valence-corrected chi connectivity index (χ1v) is 14.0. The van der Waals surface area contributed by atoms with Crippen molar-refractivity contribution in [3.63, 3.8) is 0 Å². The minimum absolute atomic E-state index is 0.0715. The van der Waals surface area contributed by atoms with E-state index in [1.807, 2.05) is 31.1 Å². The summed E-state index contributed by atoms with van der Waals surface area (Å²) >= 11 is 0. The highest BCUT2D eigenvalue weighted by molar-refractivity contribution is 7.91. The molecule has 0 aliphatic heterocycles. The Kier molecular flexibility index (Phi) is 8.88. The molecule has 0 fully saturated rings. The Balaban J connectivity index is 2.00. The van der Waals surface area contributed by atoms with E-state index in [2.05, 4.69) is 75.4 Å². The van der Waals surface area contributed by atoms with Crippen molar-refractivity contribution in [2.75, 3.05) is 14.1 Å². The summed E-state index contributed by atoms with van der Waals surface area (Å²) in [5.41, 5.74) is 7.75. The first-order chi connectivity index (χ1) is 16.9. The molecule has 1 atom stereocenters. The monoisotopic (exact) mass is 505 g/mol. The van der Waals surface area contributed by atoms with Crippen molar-refractivity contribution in [2.45, 2.75) is 64.3 Å². The smallest absolute Gasteiger partial charge is 0.259 e. The Labute approximate surface area is 217 Å². The molecule has 1 unspecified atom stereocenters. The van der Waals surface area contributed by atoms with Crippen molar-refractivity contribution in [1.29, 1.82) is 0 Å². The Morgan fingerprint density at radius 3 is 2.00 bits per heavy atom. The number of aryl methyl sites for hydroxylation is 1. The molecular weight excluding hydrogens is 466 g/mol. The Morgan fingerprint density at radius 1 is 0.917 bits per heavy atom. The fourth-order valence-electron chi connectivity index (χ4n) is 4.49. The van der Waals surface area contributed by atoms with Gasteiger partial charge in [-0.15, -0.1) is 4.36 Å². The fourth-order valence-corrected chi connectivity index (χ4v) is 5.48. The lowest BCUT2D eigenvalue weighted by Crippen LogP contribution is -2.17. The third-order valence-electron chi connectivity index (χ3n) is 6.24. The van der Waals surface area contributed by atoms with Crippen LogP contribution in [0.4, 0.5) is 0 Å². The van der Waals surface area contributed by atoms with E-state index in [1.165, 1.54) is 5.56 Å². The summed E-state index contributed by atoms with van der Waals surface area (Å²) in [6, 6.07) is 20.0. The lowest BCUT2D eigenvalue weighted by molar-refractivity contribution is -0.117. The number of hydrogen-bond acceptors (Lipinski definition) is 3. The van der Waals surface area contributed by atoms with E-state index >= 15 is 0 Å². The van der Waals surface area contributed by atoms with Gasteiger partial charge in [-0.2, -0.15) is 0 Å². The highest BCUT2D eigenvalue weighted by Gasteiger charge is 2.20. The van der Waals surface area contributed by atoms with Gasteiger partial charge in [0.1, 0.15) is 9.92 Å². The van der Waals surface area contributed by atoms with Gasteiger partial charge < -0.3 is 4.90 Å². The highest BCUT2D eigenvalue weighted by Crippen LogP contribution is 2.34. The van der Waals surface area contributed by atoms with Crippen molar-refractivity contribution < 1.29 is 9.00 Å². The molecule has 192 valence electrons. The molecule has 0 radical (unpaired) electrons. The molecule has 3 rings (SSSR count). The van der Waals surface area contributed by atoms with Crippen LogP contribution in [0.3, 0.4) is 0 Å². The van der Waals surface area contributed by atoms with Crippen LogP contribution < -0.4 is 5.14 Å². The molecule has 0 spiro atoms. The van der Waals surface area contributed by atoms with E-state index < -0.39 is 15.8 Å². The summed E-state index contributed by atoms with van der Waals surface area (Å²) in [5.74, 6) is -0.0463. The van der Waals surface area contributed by atoms with E-state index in [-0.39, 0.29) is 18.3 Å². The number of rotatable bonds is 8. The number of nitrogens with zero attached hydrogens (tertiary/aromatic N) is 2. The summed E-state index contributed by atoms with van der Waals surface area (Å²) in [5, 5.41) is 6.08. The number of amides is 1. The van der Waals surface area contributed by atoms with E-state index in [1.54, 1.807) is 12.1 Å². The van der Waals surface area contributed by atoms with Gasteiger partial charge in [0, 0.05) is 6.54 Å². The van der Waals surface area contributed by atoms with Crippen molar-refractivity contribution in [2.24, 2.45) is 9.50 Å². The molecule has 0 saturated heterocycles. The summed E-state index contributed by atoms with van der Waals surface area (Å²) < 4.78 is 17.2. The minimum atomic E-state index is -3.34. The predicted octanol–water partition coefficient (Wildman–Crippen LogP) is 6.44. The molecular formula is C30H39N3O2S. The number of nitrogens with two attached hydrogens (primary N) is 1. The first kappa shape index (κ1) is 27.8. The van der Waals surface area contributed by atoms with E-state index in [4.69, 9.17) is 5.14 Å². The number of carbonyl (C=O) groups excluding carboxylic acids is 1. The van der Waals surface area contributed by atoms with Crippen LogP contribution in [0.15, 0.2) is 69.9 Å². The topological polar surface area (TPSA) is 75.8 Å². The third-order valence-corrected chi connectivity index (χ3v) is 7.66. The summed E-state index contributed by atoms with van der Waals surface area (Å²) in [4.78, 5) is 15.5. The van der Waals surface area contributed by atoms with Gasteiger partial charge in [-0.3, -0.25) is 4.79 Å². The van der Waals surface area contributed by atoms with Gasteiger partial charge in [0.15, 0.2) is 0 Å². The molecule has 0 heterocycles. The number of carbonyl (C=O) groups is 1. The molecule has 0 bridgehead atoms. The maximum atomic E-state index is 13.2. The van der Waals surface area contributed by atoms with Gasteiger partial charge in [0.2, 0.25) is 0 Å². The Morgan fingerprint density at radius 2 is 1.50 bits per heavy atom. The van der Waals surface area contributed by atoms with E-state index in [0.29, 0.717) is 4.90 Å². The van der Waals surface area contributed by atoms with Gasteiger partial charge in [-0.25, -0.2) is 9.35 Å². The lowest BCUT2D eigenvalue weighted by atomic mass is 9.84. The zero-order chi connectivity index (χ0) is 26.6. The van der Waals surface area contributed by atoms with Crippen molar-refractivity contribution >= 4 is 15.8 Å². The molecule has 0 aromatic heterocycles. The maximum Gasteiger partial charge on any atom is 0.259 e. The summed E-state index contributed by atoms with van der Waals surface area (Å²) in [6.45, 7) is 11.4. The number of hydrogen-bond donors (Lipinski definition) is 1. The van der Waals surface area contributed by atoms with Crippen molar-refractivity contribution in [3.8, 4) is 11.1 Å². The lowest BCUT2D eigenvalue weighted by Gasteiger charge is -2.21. The molecule has 0 aliphatic rings. The van der Waals surface area contributed by atoms with Crippen LogP contribution in [0.25, 0.3) is 11.1 Å². The van der Waals surface area contributed by atoms with Gasteiger partial charge in [-0.05, 0) is 78.4 Å². The van der Waals surface area contributed by atoms with Crippen molar-refractivity contribution in [1.82, 2.24) is 4.90 Å². The molecule has 6 heteroatoms. The van der Waals surface area contributed by atoms with Crippen LogP contribution in [-0.2, 0) is 27.7 Å². The second kappa shape index (κ2) is 11.5. The molecule has 5 nitrogen and oxygen atoms in total. The fraction of sp³-hybridized carbons (Fsp3) is 0.367. The van der Waals surface area contributed by atoms with Gasteiger partial charge in [-0.1, -0.05) is 81.8 Å². The van der Waals surface area contributed by atoms with Crippen LogP contribution in [-0.4, -0.2) is 29.1 Å². The maximum absolute atomic E-state index is 13.2. The van der Waals surface area contributed by atoms with Crippen LogP contribution in [0, 0.1) is 6.92 Å². The molecule has 2 N–H and O–H groups in total. The zero-order valence-corrected chi connectivity index (χ0v) is 23.4. The zero-order valence-electron chi connectivity index (χ0n) is 22.5. The standard InChI is InChI=1S/C30H39N3O2S/c1-20(2)27-16-25(24-10-8-9-22(5)15-24)17-28(21(3)4)29(27)18-30(34)32-36(31,35)26-13-11-23(12-14-26)19-33(6)7/h8-17,20-21H,18-19H2,1-7H3,(H2,31,32,34,35). The van der Waals surface area contributed by atoms with Gasteiger partial charge >= 0.3 is 0 Å². The predicted molar refractivity (Wildman–Crippen MR) is 150 cm³/mol. The third kappa shape index (κ3) is 6.90. The average molecular weight is 506 g/mol. The Hall–Kier alpha value is -2.80. The van der Waals surface area contributed by atoms with Crippen LogP contribution >= 0.6 is 0 Å². The normalized spacial score (nSPS) is 13.3. The molecule has 36 heavy (non-hydrogen) atoms. The largest absolute Gasteiger partial charge is 0.305 e. The molecule has 1 amide bonds. The van der Waals surface area contributed by atoms with E-state index in [0.717, 1.165) is 39.9 Å². The SMILES string of the molecule is Cc1cccc(-c2cc(C(C)C)c(CC(=O)N=S(N)(=O)c3ccc(CN(C)C)cc3)c(C(C)C)c2)c1. The second-order valence-corrected chi connectivity index (χ2v) is 12.2. The molecule has 3 aromatic carbocycles. The van der Waals surface area contributed by atoms with Crippen LogP contribution in [0.2, 0.25) is 0 Å². The first-order valence-electron chi connectivity index (χ1n) is 12.4. The van der Waals surface area contributed by atoms with Crippen LogP contribution in [0.5, 0.6) is 0 Å². The quantitative estimate of drug-likeness (QED) is 0.383. The second-order valence-electron chi connectivity index (χ2n) is 10.4. The molecule has 3 aromatic rings. The number of benzene rings is 3. The molecule has 0 aliphatic carbocycles. The summed E-state index contributed by atoms with van der Waals surface area (Å²) in [7, 11) is 0.634. The minimum Gasteiger partial charge on any atom is -0.305 e. The van der Waals surface area contributed by atoms with Crippen LogP contribution in [0.1, 0.15) is 67.3 Å². The average Bonchev–Trinajstić information content (AvgIpc) is 2.78. The molecule has 0 saturated carbocycles. The van der Waals surface area contributed by atoms with Gasteiger partial charge in [0.25, 0.3) is 5.91 Å². The highest BCUT2D eigenvalue weighted by atomic mass is 32.2. The van der Waals surface area contributed by atoms with E-state index in [9.17, 15) is 9.00 Å².